The number of nitrogens with two attached hydrogens (primary N) is 1. The fourth-order valence-electron chi connectivity index (χ4n) is 2.27. The van der Waals surface area contributed by atoms with Crippen molar-refractivity contribution in [1.82, 2.24) is 19.5 Å². The van der Waals surface area contributed by atoms with Crippen LogP contribution in [0.4, 0.5) is 5.95 Å². The predicted molar refractivity (Wildman–Crippen MR) is 66.7 cm³/mol. The van der Waals surface area contributed by atoms with Gasteiger partial charge in [-0.1, -0.05) is 0 Å². The number of aromatic amines is 1. The average molecular weight is 299 g/mol. The first kappa shape index (κ1) is 13.9. The van der Waals surface area contributed by atoms with E-state index < -0.39 is 36.4 Å². The Balaban J connectivity index is 2.12. The van der Waals surface area contributed by atoms with Crippen molar-refractivity contribution >= 4 is 17.1 Å². The van der Waals surface area contributed by atoms with Crippen molar-refractivity contribution < 1.29 is 25.2 Å². The lowest BCUT2D eigenvalue weighted by molar-refractivity contribution is -0.235. The molecule has 0 bridgehead atoms. The third-order valence-corrected chi connectivity index (χ3v) is 3.37. The summed E-state index contributed by atoms with van der Waals surface area (Å²) in [6.07, 6.45) is -3.35. The summed E-state index contributed by atoms with van der Waals surface area (Å²) < 4.78 is 6.34. The Hall–Kier alpha value is -2.05. The number of anilines is 1. The normalized spacial score (nSPS) is 28.3. The van der Waals surface area contributed by atoms with Crippen molar-refractivity contribution in [1.29, 1.82) is 0 Å². The third kappa shape index (κ3) is 1.91. The minimum Gasteiger partial charge on any atom is -0.393 e. The number of nitrogens with one attached hydrogen (secondary N) is 1. The molecule has 0 radical (unpaired) electrons. The molecule has 1 saturated heterocycles. The van der Waals surface area contributed by atoms with E-state index in [1.54, 1.807) is 0 Å². The Morgan fingerprint density at radius 2 is 2.24 bits per heavy atom. The molecule has 0 aliphatic carbocycles. The summed E-state index contributed by atoms with van der Waals surface area (Å²) in [6.45, 7) is -0.719. The Morgan fingerprint density at radius 3 is 2.86 bits per heavy atom. The molecule has 11 nitrogen and oxygen atoms in total. The fourth-order valence-corrected chi connectivity index (χ4v) is 2.27. The van der Waals surface area contributed by atoms with Crippen molar-refractivity contribution in [2.75, 3.05) is 12.3 Å². The molecule has 7 N–H and O–H groups in total. The van der Waals surface area contributed by atoms with Gasteiger partial charge in [-0.25, -0.2) is 4.98 Å². The number of aromatic nitrogens is 4. The topological polar surface area (TPSA) is 180 Å². The summed E-state index contributed by atoms with van der Waals surface area (Å²) in [6, 6.07) is 0. The van der Waals surface area contributed by atoms with Crippen molar-refractivity contribution in [2.45, 2.75) is 24.2 Å². The van der Waals surface area contributed by atoms with E-state index in [0.717, 1.165) is 10.9 Å². The summed E-state index contributed by atoms with van der Waals surface area (Å²) >= 11 is 0. The molecule has 0 unspecified atom stereocenters. The van der Waals surface area contributed by atoms with Crippen LogP contribution in [-0.4, -0.2) is 64.5 Å². The monoisotopic (exact) mass is 299 g/mol. The van der Waals surface area contributed by atoms with Gasteiger partial charge in [0.05, 0.1) is 12.9 Å². The molecule has 0 amide bonds. The van der Waals surface area contributed by atoms with Gasteiger partial charge in [-0.05, 0) is 0 Å². The molecule has 3 heterocycles. The number of H-pyrrole nitrogens is 1. The molecule has 1 aliphatic rings. The maximum absolute atomic E-state index is 11.7. The molecule has 0 spiro atoms. The average Bonchev–Trinajstić information content (AvgIpc) is 2.91. The number of imidazole rings is 1. The number of hydrogen-bond donors (Lipinski definition) is 6. The molecule has 3 rings (SSSR count). The molecule has 1 fully saturated rings. The molecule has 1 aliphatic heterocycles. The second kappa shape index (κ2) is 4.47. The van der Waals surface area contributed by atoms with Crippen molar-refractivity contribution in [3.8, 4) is 0 Å². The van der Waals surface area contributed by atoms with Crippen LogP contribution in [0.15, 0.2) is 11.1 Å². The Bertz CT molecular complexity index is 739. The summed E-state index contributed by atoms with van der Waals surface area (Å²) in [4.78, 5) is 21.6. The summed E-state index contributed by atoms with van der Waals surface area (Å²) in [5.41, 5.74) is 4.82. The second-order valence-corrected chi connectivity index (χ2v) is 4.70. The largest absolute Gasteiger partial charge is 0.393 e. The first-order valence-electron chi connectivity index (χ1n) is 5.97. The van der Waals surface area contributed by atoms with Gasteiger partial charge in [0.2, 0.25) is 11.7 Å². The van der Waals surface area contributed by atoms with Crippen LogP contribution in [0.1, 0.15) is 6.23 Å². The quantitative estimate of drug-likeness (QED) is 0.308. The Labute approximate surface area is 116 Å². The molecule has 0 aromatic carbocycles. The van der Waals surface area contributed by atoms with E-state index >= 15 is 0 Å². The highest BCUT2D eigenvalue weighted by Crippen LogP contribution is 2.36. The first-order valence-corrected chi connectivity index (χ1v) is 5.97. The lowest BCUT2D eigenvalue weighted by Crippen LogP contribution is -2.48. The molecule has 21 heavy (non-hydrogen) atoms. The minimum absolute atomic E-state index is 0.00897. The van der Waals surface area contributed by atoms with Gasteiger partial charge >= 0.3 is 0 Å². The van der Waals surface area contributed by atoms with Crippen LogP contribution in [0, 0.1) is 0 Å². The standard InChI is InChI=1S/C10H13N5O6/c11-9-13-6-4(7(18)14-9)12-2-15(6)8-5(17)10(19,20)3(1-16)21-8/h2-3,5,8,16-17,19-20H,1H2,(H3,11,13,14,18)/t3-,5+,8-/m1/s1. The van der Waals surface area contributed by atoms with Crippen LogP contribution < -0.4 is 11.3 Å². The smallest absolute Gasteiger partial charge is 0.280 e. The van der Waals surface area contributed by atoms with Gasteiger partial charge in [0.25, 0.3) is 5.56 Å². The summed E-state index contributed by atoms with van der Waals surface area (Å²) in [7, 11) is 0. The predicted octanol–water partition coefficient (Wildman–Crippen LogP) is -3.37. The minimum atomic E-state index is -2.65. The zero-order chi connectivity index (χ0) is 15.4. The lowest BCUT2D eigenvalue weighted by atomic mass is 10.1. The maximum Gasteiger partial charge on any atom is 0.280 e. The lowest BCUT2D eigenvalue weighted by Gasteiger charge is -2.23. The number of hydrogen-bond acceptors (Lipinski definition) is 9. The van der Waals surface area contributed by atoms with Crippen molar-refractivity contribution in [3.63, 3.8) is 0 Å². The molecule has 3 atom stereocenters. The molecule has 0 saturated carbocycles. The highest BCUT2D eigenvalue weighted by molar-refractivity contribution is 5.70. The highest BCUT2D eigenvalue weighted by Gasteiger charge is 2.55. The van der Waals surface area contributed by atoms with Crippen LogP contribution in [0.3, 0.4) is 0 Å². The van der Waals surface area contributed by atoms with E-state index in [1.807, 2.05) is 0 Å². The zero-order valence-corrected chi connectivity index (χ0v) is 10.5. The van der Waals surface area contributed by atoms with E-state index in [0.29, 0.717) is 0 Å². The SMILES string of the molecule is Nc1nc2c(ncn2[C@@H]2O[C@H](CO)C(O)(O)[C@H]2O)c(=O)[nH]1. The maximum atomic E-state index is 11.7. The van der Waals surface area contributed by atoms with E-state index in [9.17, 15) is 20.1 Å². The van der Waals surface area contributed by atoms with Crippen LogP contribution in [0.25, 0.3) is 11.2 Å². The first-order chi connectivity index (χ1) is 9.86. The van der Waals surface area contributed by atoms with Crippen LogP contribution >= 0.6 is 0 Å². The number of nitrogens with zero attached hydrogens (tertiary/aromatic N) is 3. The van der Waals surface area contributed by atoms with Crippen LogP contribution in [0.2, 0.25) is 0 Å². The number of fused-ring (bicyclic) bond motifs is 1. The van der Waals surface area contributed by atoms with Crippen molar-refractivity contribution in [3.05, 3.63) is 16.7 Å². The summed E-state index contributed by atoms with van der Waals surface area (Å²) in [5, 5.41) is 38.5. The van der Waals surface area contributed by atoms with Gasteiger partial charge in [-0.3, -0.25) is 14.3 Å². The number of aliphatic hydroxyl groups is 4. The van der Waals surface area contributed by atoms with Gasteiger partial charge in [0, 0.05) is 0 Å². The summed E-state index contributed by atoms with van der Waals surface area (Å²) in [5.74, 6) is -2.82. The second-order valence-electron chi connectivity index (χ2n) is 4.70. The van der Waals surface area contributed by atoms with E-state index in [4.69, 9.17) is 15.6 Å². The number of rotatable bonds is 2. The van der Waals surface area contributed by atoms with E-state index in [-0.39, 0.29) is 17.1 Å². The number of ether oxygens (including phenoxy) is 1. The molecule has 114 valence electrons. The van der Waals surface area contributed by atoms with Gasteiger partial charge in [0.1, 0.15) is 6.10 Å². The van der Waals surface area contributed by atoms with Gasteiger partial charge in [-0.2, -0.15) is 4.98 Å². The van der Waals surface area contributed by atoms with E-state index in [2.05, 4.69) is 15.0 Å². The van der Waals surface area contributed by atoms with Crippen LogP contribution in [-0.2, 0) is 4.74 Å². The van der Waals surface area contributed by atoms with Crippen LogP contribution in [0.5, 0.6) is 0 Å². The van der Waals surface area contributed by atoms with Gasteiger partial charge in [-0.15, -0.1) is 0 Å². The van der Waals surface area contributed by atoms with E-state index in [1.165, 1.54) is 0 Å². The Kier molecular flexibility index (Phi) is 2.96. The third-order valence-electron chi connectivity index (χ3n) is 3.37. The van der Waals surface area contributed by atoms with Gasteiger partial charge < -0.3 is 30.9 Å². The molecule has 2 aromatic rings. The zero-order valence-electron chi connectivity index (χ0n) is 10.5. The molecule has 2 aromatic heterocycles. The highest BCUT2D eigenvalue weighted by atomic mass is 16.6. The number of nitrogen functional groups attached to an aromatic ring is 1. The molecular formula is C10H13N5O6. The fraction of sp³-hybridized carbons (Fsp3) is 0.500. The molecular weight excluding hydrogens is 286 g/mol. The van der Waals surface area contributed by atoms with Gasteiger partial charge in [0.15, 0.2) is 23.5 Å². The Morgan fingerprint density at radius 1 is 1.52 bits per heavy atom. The molecule has 11 heteroatoms. The van der Waals surface area contributed by atoms with Crippen molar-refractivity contribution in [2.24, 2.45) is 0 Å². The number of aliphatic hydroxyl groups excluding tert-OH is 2.